The monoisotopic (exact) mass is 889 g/mol. The van der Waals surface area contributed by atoms with Crippen LogP contribution in [0.1, 0.15) is 65.2 Å². The summed E-state index contributed by atoms with van der Waals surface area (Å²) in [6, 6.07) is -8.83. The SMILES string of the molecule is CSCC[C@H](NC(=O)[C@H](CCCCN)NC(=O)[C@@H]1CCCN1C(=O)[C@@H](N)CO)C(=O)N[C@H](C(=O)N[C@@H](CCC(N)=O)C(=O)NCC(=O)N[C@@H](CO)C(=O)NCC(=O)O)C(C)C. The lowest BCUT2D eigenvalue weighted by atomic mass is 10.0. The summed E-state index contributed by atoms with van der Waals surface area (Å²) in [6.45, 7) is 0.676. The lowest BCUT2D eigenvalue weighted by Crippen LogP contribution is -2.60. The molecule has 25 heteroatoms. The molecule has 1 rings (SSSR count). The number of aliphatic hydroxyl groups is 2. The topological polar surface area (TPSA) is 397 Å². The molecule has 1 aliphatic heterocycles. The smallest absolute Gasteiger partial charge is 0.322 e. The number of unbranched alkanes of at least 4 members (excludes halogenated alkanes) is 1. The van der Waals surface area contributed by atoms with Crippen LogP contribution < -0.4 is 54.4 Å². The van der Waals surface area contributed by atoms with Crippen LogP contribution in [0.4, 0.5) is 0 Å². The number of primary amides is 1. The maximum absolute atomic E-state index is 13.8. The Morgan fingerprint density at radius 1 is 0.738 bits per heavy atom. The van der Waals surface area contributed by atoms with Crippen molar-refractivity contribution < 1.29 is 63.3 Å². The van der Waals surface area contributed by atoms with Crippen LogP contribution in [0.5, 0.6) is 0 Å². The average molecular weight is 890 g/mol. The van der Waals surface area contributed by atoms with Crippen LogP contribution in [0.25, 0.3) is 0 Å². The number of carbonyl (C=O) groups excluding carboxylic acids is 9. The number of amides is 9. The first-order valence-electron chi connectivity index (χ1n) is 19.8. The van der Waals surface area contributed by atoms with E-state index in [0.717, 1.165) is 0 Å². The number of carbonyl (C=O) groups is 10. The number of nitrogens with one attached hydrogen (secondary N) is 7. The highest BCUT2D eigenvalue weighted by Crippen LogP contribution is 2.19. The van der Waals surface area contributed by atoms with E-state index in [0.29, 0.717) is 38.0 Å². The molecule has 1 saturated heterocycles. The van der Waals surface area contributed by atoms with E-state index in [4.69, 9.17) is 22.3 Å². The molecule has 0 aromatic rings. The van der Waals surface area contributed by atoms with Gasteiger partial charge in [-0.1, -0.05) is 13.8 Å². The Morgan fingerprint density at radius 3 is 1.90 bits per heavy atom. The van der Waals surface area contributed by atoms with Crippen LogP contribution in [0, 0.1) is 5.92 Å². The van der Waals surface area contributed by atoms with E-state index in [1.54, 1.807) is 20.1 Å². The first-order chi connectivity index (χ1) is 28.8. The molecular weight excluding hydrogens is 827 g/mol. The molecule has 0 spiro atoms. The quantitative estimate of drug-likeness (QED) is 0.0311. The number of nitrogens with two attached hydrogens (primary N) is 3. The highest BCUT2D eigenvalue weighted by Gasteiger charge is 2.38. The van der Waals surface area contributed by atoms with Crippen LogP contribution in [-0.2, 0) is 47.9 Å². The minimum Gasteiger partial charge on any atom is -0.480 e. The van der Waals surface area contributed by atoms with Crippen LogP contribution in [0.15, 0.2) is 0 Å². The Labute approximate surface area is 357 Å². The summed E-state index contributed by atoms with van der Waals surface area (Å²) in [4.78, 5) is 129. The van der Waals surface area contributed by atoms with Crippen molar-refractivity contribution in [3.63, 3.8) is 0 Å². The number of likely N-dealkylation sites (tertiary alicyclic amines) is 1. The summed E-state index contributed by atoms with van der Waals surface area (Å²) in [7, 11) is 0. The zero-order valence-corrected chi connectivity index (χ0v) is 35.6. The van der Waals surface area contributed by atoms with Gasteiger partial charge < -0.3 is 74.6 Å². The Balaban J connectivity index is 3.17. The molecule has 0 radical (unpaired) electrons. The van der Waals surface area contributed by atoms with Gasteiger partial charge in [0.25, 0.3) is 0 Å². The first kappa shape index (κ1) is 53.9. The number of aliphatic hydroxyl groups excluding tert-OH is 2. The zero-order valence-electron chi connectivity index (χ0n) is 34.7. The third-order valence-corrected chi connectivity index (χ3v) is 10.1. The second kappa shape index (κ2) is 28.4. The Hall–Kier alpha value is -5.11. The van der Waals surface area contributed by atoms with Gasteiger partial charge >= 0.3 is 5.97 Å². The fourth-order valence-corrected chi connectivity index (χ4v) is 6.49. The molecule has 7 atom stereocenters. The summed E-state index contributed by atoms with van der Waals surface area (Å²) >= 11 is 1.38. The molecule has 1 aliphatic rings. The molecule has 1 heterocycles. The summed E-state index contributed by atoms with van der Waals surface area (Å²) < 4.78 is 0. The van der Waals surface area contributed by atoms with Crippen molar-refractivity contribution in [3.05, 3.63) is 0 Å². The van der Waals surface area contributed by atoms with E-state index in [2.05, 4.69) is 31.9 Å². The van der Waals surface area contributed by atoms with Crippen molar-refractivity contribution in [2.45, 2.75) is 108 Å². The number of nitrogens with zero attached hydrogens (tertiary/aromatic N) is 1. The molecule has 0 aromatic heterocycles. The highest BCUT2D eigenvalue weighted by molar-refractivity contribution is 7.98. The number of rotatable bonds is 29. The second-order valence-corrected chi connectivity index (χ2v) is 15.6. The van der Waals surface area contributed by atoms with Gasteiger partial charge in [-0.3, -0.25) is 47.9 Å². The maximum atomic E-state index is 13.8. The summed E-state index contributed by atoms with van der Waals surface area (Å²) in [5.41, 5.74) is 16.6. The lowest BCUT2D eigenvalue weighted by Gasteiger charge is -2.29. The Morgan fingerprint density at radius 2 is 1.33 bits per heavy atom. The normalized spacial score (nSPS) is 16.5. The molecule has 0 aromatic carbocycles. The van der Waals surface area contributed by atoms with Crippen molar-refractivity contribution in [1.82, 2.24) is 42.1 Å². The molecule has 0 bridgehead atoms. The third kappa shape index (κ3) is 19.4. The van der Waals surface area contributed by atoms with Crippen molar-refractivity contribution in [2.75, 3.05) is 51.4 Å². The minimum atomic E-state index is -1.55. The van der Waals surface area contributed by atoms with Gasteiger partial charge in [-0.05, 0) is 69.4 Å². The highest BCUT2D eigenvalue weighted by atomic mass is 32.2. The Kier molecular flexibility index (Phi) is 25.1. The fourth-order valence-electron chi connectivity index (χ4n) is 6.02. The fraction of sp³-hybridized carbons (Fsp3) is 0.722. The van der Waals surface area contributed by atoms with Gasteiger partial charge in [-0.2, -0.15) is 11.8 Å². The van der Waals surface area contributed by atoms with E-state index in [1.807, 2.05) is 5.32 Å². The minimum absolute atomic E-state index is 0.0999. The largest absolute Gasteiger partial charge is 0.480 e. The molecule has 16 N–H and O–H groups in total. The summed E-state index contributed by atoms with van der Waals surface area (Å²) in [5.74, 6) is -8.91. The number of hydrogen-bond donors (Lipinski definition) is 13. The number of carboxylic acids is 1. The second-order valence-electron chi connectivity index (χ2n) is 14.6. The van der Waals surface area contributed by atoms with Gasteiger partial charge in [-0.15, -0.1) is 0 Å². The van der Waals surface area contributed by atoms with Gasteiger partial charge in [-0.25, -0.2) is 0 Å². The number of hydrogen-bond acceptors (Lipinski definition) is 15. The maximum Gasteiger partial charge on any atom is 0.322 e. The molecule has 61 heavy (non-hydrogen) atoms. The lowest BCUT2D eigenvalue weighted by molar-refractivity contribution is -0.141. The molecule has 1 fully saturated rings. The number of carboxylic acid groups (broad SMARTS) is 1. The van der Waals surface area contributed by atoms with Crippen molar-refractivity contribution in [2.24, 2.45) is 23.1 Å². The predicted molar refractivity (Wildman–Crippen MR) is 219 cm³/mol. The average Bonchev–Trinajstić information content (AvgIpc) is 3.72. The van der Waals surface area contributed by atoms with Gasteiger partial charge in [0.05, 0.1) is 19.8 Å². The molecule has 0 saturated carbocycles. The van der Waals surface area contributed by atoms with Crippen LogP contribution in [0.2, 0.25) is 0 Å². The zero-order chi connectivity index (χ0) is 46.2. The summed E-state index contributed by atoms with van der Waals surface area (Å²) in [5, 5.41) is 44.4. The van der Waals surface area contributed by atoms with Crippen molar-refractivity contribution in [1.29, 1.82) is 0 Å². The molecule has 24 nitrogen and oxygen atoms in total. The van der Waals surface area contributed by atoms with Gasteiger partial charge in [0.15, 0.2) is 0 Å². The predicted octanol–water partition coefficient (Wildman–Crippen LogP) is -6.17. The van der Waals surface area contributed by atoms with E-state index >= 15 is 0 Å². The van der Waals surface area contributed by atoms with Crippen molar-refractivity contribution >= 4 is 70.9 Å². The number of aliphatic carboxylic acids is 1. The molecule has 0 unspecified atom stereocenters. The summed E-state index contributed by atoms with van der Waals surface area (Å²) in [6.07, 6.45) is 3.05. The first-order valence-corrected chi connectivity index (χ1v) is 21.2. The molecule has 9 amide bonds. The van der Waals surface area contributed by atoms with E-state index in [-0.39, 0.29) is 32.2 Å². The van der Waals surface area contributed by atoms with Crippen LogP contribution in [-0.4, -0.2) is 173 Å². The van der Waals surface area contributed by atoms with E-state index < -0.39 is 134 Å². The van der Waals surface area contributed by atoms with E-state index in [9.17, 15) is 58.2 Å². The van der Waals surface area contributed by atoms with E-state index in [1.165, 1.54) is 16.7 Å². The third-order valence-electron chi connectivity index (χ3n) is 9.41. The molecule has 0 aliphatic carbocycles. The number of thioether (sulfide) groups is 1. The standard InChI is InChI=1S/C36H63N11O13S/c1-19(2)29(35(59)45-22(9-10-26(39)50)30(54)40-15-27(51)42-24(18-49)31(55)41-16-28(52)53)46-33(57)23(11-14-61-3)43-32(56)21(7-4-5-12-37)44-34(58)25-8-6-13-47(25)36(60)20(38)17-48/h19-25,29,48-49H,4-18,37-38H2,1-3H3,(H2,39,50)(H,40,54)(H,41,55)(H,42,51)(H,43,56)(H,44,58)(H,45,59)(H,46,57)(H,52,53)/t20-,21-,22-,23-,24-,25-,29-/m0/s1. The molecule has 346 valence electrons. The van der Waals surface area contributed by atoms with Crippen molar-refractivity contribution in [3.8, 4) is 0 Å². The van der Waals surface area contributed by atoms with Crippen LogP contribution in [0.3, 0.4) is 0 Å². The van der Waals surface area contributed by atoms with Gasteiger partial charge in [0.2, 0.25) is 53.2 Å². The Bertz CT molecular complexity index is 1540. The van der Waals surface area contributed by atoms with Gasteiger partial charge in [0.1, 0.15) is 48.8 Å². The van der Waals surface area contributed by atoms with Gasteiger partial charge in [0, 0.05) is 13.0 Å². The molecular formula is C36H63N11O13S. The van der Waals surface area contributed by atoms with Crippen LogP contribution >= 0.6 is 11.8 Å².